The van der Waals surface area contributed by atoms with Crippen LogP contribution in [0.25, 0.3) is 6.08 Å². The number of hydrogen-bond acceptors (Lipinski definition) is 9. The molecule has 1 atom stereocenters. The molecular formula is C29H30N2O7S. The minimum absolute atomic E-state index is 0.113. The van der Waals surface area contributed by atoms with Gasteiger partial charge < -0.3 is 18.9 Å². The van der Waals surface area contributed by atoms with E-state index in [0.29, 0.717) is 37.7 Å². The van der Waals surface area contributed by atoms with E-state index in [4.69, 9.17) is 14.2 Å². The van der Waals surface area contributed by atoms with Crippen LogP contribution in [0.15, 0.2) is 69.6 Å². The van der Waals surface area contributed by atoms with Crippen molar-refractivity contribution in [1.29, 1.82) is 0 Å². The molecule has 0 N–H and O–H groups in total. The Morgan fingerprint density at radius 2 is 1.85 bits per heavy atom. The van der Waals surface area contributed by atoms with Crippen LogP contribution in [0.2, 0.25) is 0 Å². The molecule has 9 nitrogen and oxygen atoms in total. The lowest BCUT2D eigenvalue weighted by Crippen LogP contribution is -2.40. The van der Waals surface area contributed by atoms with Gasteiger partial charge in [-0.15, -0.1) is 0 Å². The quantitative estimate of drug-likeness (QED) is 0.377. The zero-order valence-corrected chi connectivity index (χ0v) is 23.2. The van der Waals surface area contributed by atoms with Gasteiger partial charge in [-0.2, -0.15) is 0 Å². The zero-order chi connectivity index (χ0) is 28.1. The maximum absolute atomic E-state index is 13.8. The summed E-state index contributed by atoms with van der Waals surface area (Å²) in [5, 5.41) is 0. The number of benzene rings is 2. The first-order chi connectivity index (χ1) is 18.7. The lowest BCUT2D eigenvalue weighted by atomic mass is 9.95. The van der Waals surface area contributed by atoms with Crippen molar-refractivity contribution in [3.63, 3.8) is 0 Å². The van der Waals surface area contributed by atoms with Crippen LogP contribution in [-0.2, 0) is 19.1 Å². The van der Waals surface area contributed by atoms with E-state index in [1.54, 1.807) is 44.2 Å². The molecule has 1 aliphatic heterocycles. The molecule has 0 amide bonds. The molecule has 0 saturated heterocycles. The number of ether oxygens (including phenoxy) is 4. The second-order valence-corrected chi connectivity index (χ2v) is 9.95. The fourth-order valence-corrected chi connectivity index (χ4v) is 5.21. The summed E-state index contributed by atoms with van der Waals surface area (Å²) in [4.78, 5) is 43.4. The highest BCUT2D eigenvalue weighted by molar-refractivity contribution is 7.07. The SMILES string of the molecule is CCOC(=O)C1=C(C)N=c2s/c(=C/c3ccc(OCC(=O)OC)cc3)c(=O)n2[C@@H]1c1ccccc1OC(C)C. The first kappa shape index (κ1) is 27.8. The van der Waals surface area contributed by atoms with Gasteiger partial charge >= 0.3 is 11.9 Å². The normalized spacial score (nSPS) is 15.0. The molecule has 0 unspecified atom stereocenters. The average molecular weight is 551 g/mol. The smallest absolute Gasteiger partial charge is 0.343 e. The van der Waals surface area contributed by atoms with E-state index in [1.165, 1.54) is 23.0 Å². The van der Waals surface area contributed by atoms with Crippen LogP contribution in [0.5, 0.6) is 11.5 Å². The molecular weight excluding hydrogens is 520 g/mol. The molecule has 2 aromatic carbocycles. The lowest BCUT2D eigenvalue weighted by molar-refractivity contribution is -0.143. The number of methoxy groups -OCH3 is 1. The minimum Gasteiger partial charge on any atom is -0.491 e. The minimum atomic E-state index is -0.772. The number of thiazole rings is 1. The van der Waals surface area contributed by atoms with Crippen LogP contribution in [0.1, 0.15) is 44.9 Å². The van der Waals surface area contributed by atoms with E-state index in [9.17, 15) is 14.4 Å². The monoisotopic (exact) mass is 550 g/mol. The van der Waals surface area contributed by atoms with E-state index < -0.39 is 18.0 Å². The van der Waals surface area contributed by atoms with Crippen LogP contribution >= 0.6 is 11.3 Å². The predicted octanol–water partition coefficient (Wildman–Crippen LogP) is 3.14. The van der Waals surface area contributed by atoms with Gasteiger partial charge in [-0.1, -0.05) is 41.7 Å². The average Bonchev–Trinajstić information content (AvgIpc) is 3.21. The van der Waals surface area contributed by atoms with Gasteiger partial charge in [0, 0.05) is 5.56 Å². The van der Waals surface area contributed by atoms with Gasteiger partial charge in [-0.25, -0.2) is 14.6 Å². The van der Waals surface area contributed by atoms with E-state index in [0.717, 1.165) is 5.56 Å². The second-order valence-electron chi connectivity index (χ2n) is 8.94. The van der Waals surface area contributed by atoms with Crippen LogP contribution in [0.3, 0.4) is 0 Å². The number of carbonyl (C=O) groups is 2. The maximum Gasteiger partial charge on any atom is 0.343 e. The number of carbonyl (C=O) groups excluding carboxylic acids is 2. The van der Waals surface area contributed by atoms with Crippen molar-refractivity contribution >= 4 is 29.4 Å². The molecule has 1 aliphatic rings. The first-order valence-electron chi connectivity index (χ1n) is 12.5. The Bertz CT molecular complexity index is 1580. The summed E-state index contributed by atoms with van der Waals surface area (Å²) in [7, 11) is 1.29. The second kappa shape index (κ2) is 12.1. The largest absolute Gasteiger partial charge is 0.491 e. The number of rotatable bonds is 9. The van der Waals surface area contributed by atoms with Crippen molar-refractivity contribution in [2.75, 3.05) is 20.3 Å². The highest BCUT2D eigenvalue weighted by Gasteiger charge is 2.35. The Balaban J connectivity index is 1.82. The summed E-state index contributed by atoms with van der Waals surface area (Å²) in [6, 6.07) is 13.6. The van der Waals surface area contributed by atoms with Crippen molar-refractivity contribution in [1.82, 2.24) is 4.57 Å². The van der Waals surface area contributed by atoms with Gasteiger partial charge in [0.05, 0.1) is 35.6 Å². The third kappa shape index (κ3) is 6.12. The van der Waals surface area contributed by atoms with Gasteiger partial charge in [-0.3, -0.25) is 9.36 Å². The Hall–Kier alpha value is -4.18. The zero-order valence-electron chi connectivity index (χ0n) is 22.4. The van der Waals surface area contributed by atoms with Gasteiger partial charge in [0.25, 0.3) is 5.56 Å². The van der Waals surface area contributed by atoms with E-state index in [1.807, 2.05) is 38.1 Å². The summed E-state index contributed by atoms with van der Waals surface area (Å²) in [5.74, 6) is 0.0640. The van der Waals surface area contributed by atoms with Crippen LogP contribution in [-0.4, -0.2) is 42.9 Å². The Labute approximate surface area is 229 Å². The van der Waals surface area contributed by atoms with Gasteiger partial charge in [0.15, 0.2) is 11.4 Å². The molecule has 0 saturated carbocycles. The molecule has 1 aromatic heterocycles. The van der Waals surface area contributed by atoms with Crippen molar-refractivity contribution in [2.45, 2.75) is 39.8 Å². The molecule has 0 radical (unpaired) electrons. The number of esters is 2. The molecule has 3 aromatic rings. The Morgan fingerprint density at radius 1 is 1.13 bits per heavy atom. The van der Waals surface area contributed by atoms with E-state index in [2.05, 4.69) is 9.73 Å². The number of nitrogens with zero attached hydrogens (tertiary/aromatic N) is 2. The fraction of sp³-hybridized carbons (Fsp3) is 0.310. The topological polar surface area (TPSA) is 105 Å². The van der Waals surface area contributed by atoms with E-state index in [-0.39, 0.29) is 24.9 Å². The first-order valence-corrected chi connectivity index (χ1v) is 13.3. The molecule has 0 fully saturated rings. The highest BCUT2D eigenvalue weighted by Crippen LogP contribution is 2.36. The predicted molar refractivity (Wildman–Crippen MR) is 147 cm³/mol. The van der Waals surface area contributed by atoms with Crippen molar-refractivity contribution in [3.8, 4) is 11.5 Å². The molecule has 39 heavy (non-hydrogen) atoms. The van der Waals surface area contributed by atoms with Crippen molar-refractivity contribution in [2.24, 2.45) is 4.99 Å². The highest BCUT2D eigenvalue weighted by atomic mass is 32.1. The van der Waals surface area contributed by atoms with Gasteiger partial charge in [-0.05, 0) is 57.5 Å². The van der Waals surface area contributed by atoms with Gasteiger partial charge in [0.1, 0.15) is 17.5 Å². The summed E-state index contributed by atoms with van der Waals surface area (Å²) >= 11 is 1.24. The van der Waals surface area contributed by atoms with Gasteiger partial charge in [0.2, 0.25) is 0 Å². The number of para-hydroxylation sites is 1. The fourth-order valence-electron chi connectivity index (χ4n) is 4.17. The summed E-state index contributed by atoms with van der Waals surface area (Å²) in [6.07, 6.45) is 1.64. The third-order valence-corrected chi connectivity index (χ3v) is 6.84. The van der Waals surface area contributed by atoms with Crippen molar-refractivity contribution < 1.29 is 28.5 Å². The van der Waals surface area contributed by atoms with Crippen LogP contribution in [0, 0.1) is 0 Å². The lowest BCUT2D eigenvalue weighted by Gasteiger charge is -2.26. The number of aromatic nitrogens is 1. The molecule has 10 heteroatoms. The molecule has 204 valence electrons. The summed E-state index contributed by atoms with van der Waals surface area (Å²) in [5.41, 5.74) is 1.92. The number of allylic oxidation sites excluding steroid dienone is 1. The Morgan fingerprint density at radius 3 is 2.51 bits per heavy atom. The molecule has 0 spiro atoms. The molecule has 0 bridgehead atoms. The molecule has 2 heterocycles. The number of fused-ring (bicyclic) bond motifs is 1. The Kier molecular flexibility index (Phi) is 8.65. The van der Waals surface area contributed by atoms with Crippen LogP contribution in [0.4, 0.5) is 0 Å². The molecule has 4 rings (SSSR count). The maximum atomic E-state index is 13.8. The van der Waals surface area contributed by atoms with E-state index >= 15 is 0 Å². The number of hydrogen-bond donors (Lipinski definition) is 0. The standard InChI is InChI=1S/C29H30N2O7S/c1-6-36-28(34)25-18(4)30-29-31(26(25)21-9-7-8-10-22(21)38-17(2)3)27(33)23(39-29)15-19-11-13-20(14-12-19)37-16-24(32)35-5/h7-15,17,26H,6,16H2,1-5H3/b23-15+/t26-/m1/s1. The molecule has 0 aliphatic carbocycles. The van der Waals surface area contributed by atoms with Crippen LogP contribution < -0.4 is 24.4 Å². The summed E-state index contributed by atoms with van der Waals surface area (Å²) < 4.78 is 23.4. The third-order valence-electron chi connectivity index (χ3n) is 5.86. The summed E-state index contributed by atoms with van der Waals surface area (Å²) in [6.45, 7) is 7.31. The van der Waals surface area contributed by atoms with Crippen molar-refractivity contribution in [3.05, 3.63) is 90.6 Å².